The summed E-state index contributed by atoms with van der Waals surface area (Å²) < 4.78 is 0. The predicted molar refractivity (Wildman–Crippen MR) is 56.1 cm³/mol. The summed E-state index contributed by atoms with van der Waals surface area (Å²) >= 11 is 0. The molecule has 0 aliphatic carbocycles. The van der Waals surface area contributed by atoms with Crippen LogP contribution in [0.3, 0.4) is 0 Å². The molecule has 0 unspecified atom stereocenters. The Bertz CT molecular complexity index is 345. The summed E-state index contributed by atoms with van der Waals surface area (Å²) in [5.41, 5.74) is 2.74. The molecule has 6 heteroatoms. The van der Waals surface area contributed by atoms with Crippen molar-refractivity contribution in [3.05, 3.63) is 24.4 Å². The van der Waals surface area contributed by atoms with E-state index in [1.165, 1.54) is 0 Å². The first-order valence-corrected chi connectivity index (χ1v) is 4.81. The normalized spacial score (nSPS) is 16.3. The number of aromatic amines is 1. The fraction of sp³-hybridized carbons (Fsp3) is 0.333. The van der Waals surface area contributed by atoms with Crippen LogP contribution in [0.25, 0.3) is 0 Å². The van der Waals surface area contributed by atoms with Crippen molar-refractivity contribution in [3.8, 4) is 0 Å². The number of anilines is 1. The van der Waals surface area contributed by atoms with Crippen LogP contribution >= 0.6 is 0 Å². The number of nitrogens with one attached hydrogen (secondary N) is 3. The number of nitrogens with zero attached hydrogens (tertiary/aromatic N) is 2. The average molecular weight is 207 g/mol. The number of H-pyrrole nitrogens is 1. The standard InChI is InChI=1S/C9H13N5O/c15-9(11-8-4-5-10-12-8)13-14-6-2-1-3-7-14/h1-2,4-5H,3,6-7H2,(H3,10,11,12,13,15). The minimum absolute atomic E-state index is 0.255. The average Bonchev–Trinajstić information content (AvgIpc) is 2.71. The summed E-state index contributed by atoms with van der Waals surface area (Å²) in [7, 11) is 0. The van der Waals surface area contributed by atoms with E-state index in [0.29, 0.717) is 5.82 Å². The van der Waals surface area contributed by atoms with E-state index in [4.69, 9.17) is 0 Å². The molecule has 0 bridgehead atoms. The van der Waals surface area contributed by atoms with E-state index in [0.717, 1.165) is 19.5 Å². The maximum atomic E-state index is 11.4. The van der Waals surface area contributed by atoms with Gasteiger partial charge in [-0.25, -0.2) is 9.80 Å². The molecule has 0 saturated carbocycles. The van der Waals surface area contributed by atoms with Crippen LogP contribution in [0.15, 0.2) is 24.4 Å². The van der Waals surface area contributed by atoms with E-state index in [2.05, 4.69) is 27.0 Å². The van der Waals surface area contributed by atoms with Crippen molar-refractivity contribution >= 4 is 11.8 Å². The summed E-state index contributed by atoms with van der Waals surface area (Å²) in [6, 6.07) is 1.44. The quantitative estimate of drug-likeness (QED) is 0.625. The van der Waals surface area contributed by atoms with E-state index < -0.39 is 0 Å². The van der Waals surface area contributed by atoms with E-state index >= 15 is 0 Å². The molecule has 1 aromatic rings. The molecule has 3 N–H and O–H groups in total. The minimum Gasteiger partial charge on any atom is -0.292 e. The highest BCUT2D eigenvalue weighted by Crippen LogP contribution is 2.00. The predicted octanol–water partition coefficient (Wildman–Crippen LogP) is 0.708. The Hall–Kier alpha value is -1.82. The number of carbonyl (C=O) groups excluding carboxylic acids is 1. The Kier molecular flexibility index (Phi) is 2.99. The smallest absolute Gasteiger partial charge is 0.292 e. The Morgan fingerprint density at radius 2 is 2.47 bits per heavy atom. The second kappa shape index (κ2) is 4.61. The van der Waals surface area contributed by atoms with Crippen LogP contribution in [-0.4, -0.2) is 34.3 Å². The zero-order chi connectivity index (χ0) is 10.5. The lowest BCUT2D eigenvalue weighted by Crippen LogP contribution is -2.45. The number of aromatic nitrogens is 2. The molecule has 2 amide bonds. The fourth-order valence-electron chi connectivity index (χ4n) is 1.36. The zero-order valence-electron chi connectivity index (χ0n) is 8.23. The van der Waals surface area contributed by atoms with Gasteiger partial charge in [0.15, 0.2) is 0 Å². The van der Waals surface area contributed by atoms with Gasteiger partial charge in [0.05, 0.1) is 6.20 Å². The Balaban J connectivity index is 1.79. The second-order valence-corrected chi connectivity index (χ2v) is 3.24. The highest BCUT2D eigenvalue weighted by atomic mass is 16.2. The molecule has 1 aromatic heterocycles. The first-order chi connectivity index (χ1) is 7.34. The summed E-state index contributed by atoms with van der Waals surface area (Å²) in [5, 5.41) is 10.9. The molecule has 0 radical (unpaired) electrons. The molecule has 2 rings (SSSR count). The van der Waals surface area contributed by atoms with Crippen molar-refractivity contribution in [1.29, 1.82) is 0 Å². The van der Waals surface area contributed by atoms with Gasteiger partial charge in [0.25, 0.3) is 0 Å². The van der Waals surface area contributed by atoms with Crippen molar-refractivity contribution in [2.45, 2.75) is 6.42 Å². The SMILES string of the molecule is O=C(Nc1ccn[nH]1)NN1CC=CCC1. The molecule has 6 nitrogen and oxygen atoms in total. The van der Waals surface area contributed by atoms with Crippen LogP contribution in [0, 0.1) is 0 Å². The number of hydrazine groups is 1. The van der Waals surface area contributed by atoms with Gasteiger partial charge in [-0.1, -0.05) is 12.2 Å². The third kappa shape index (κ3) is 2.81. The van der Waals surface area contributed by atoms with Crippen molar-refractivity contribution in [2.24, 2.45) is 0 Å². The summed E-state index contributed by atoms with van der Waals surface area (Å²) in [5.74, 6) is 0.583. The zero-order valence-corrected chi connectivity index (χ0v) is 8.23. The molecule has 80 valence electrons. The lowest BCUT2D eigenvalue weighted by molar-refractivity contribution is 0.195. The molecule has 0 fully saturated rings. The Morgan fingerprint density at radius 1 is 1.53 bits per heavy atom. The number of rotatable bonds is 2. The molecule has 1 aliphatic heterocycles. The first kappa shape index (κ1) is 9.72. The first-order valence-electron chi connectivity index (χ1n) is 4.81. The number of amides is 2. The van der Waals surface area contributed by atoms with Gasteiger partial charge in [-0.05, 0) is 6.42 Å². The minimum atomic E-state index is -0.255. The summed E-state index contributed by atoms with van der Waals surface area (Å²) in [6.07, 6.45) is 6.68. The van der Waals surface area contributed by atoms with Crippen molar-refractivity contribution in [3.63, 3.8) is 0 Å². The van der Waals surface area contributed by atoms with Gasteiger partial charge < -0.3 is 0 Å². The number of urea groups is 1. The highest BCUT2D eigenvalue weighted by Gasteiger charge is 2.09. The van der Waals surface area contributed by atoms with Gasteiger partial charge in [-0.3, -0.25) is 15.8 Å². The van der Waals surface area contributed by atoms with Gasteiger partial charge in [0.2, 0.25) is 0 Å². The van der Waals surface area contributed by atoms with Gasteiger partial charge in [-0.2, -0.15) is 5.10 Å². The van der Waals surface area contributed by atoms with Gasteiger partial charge in [-0.15, -0.1) is 0 Å². The maximum absolute atomic E-state index is 11.4. The van der Waals surface area contributed by atoms with Crippen LogP contribution in [0.2, 0.25) is 0 Å². The second-order valence-electron chi connectivity index (χ2n) is 3.24. The molecule has 0 spiro atoms. The maximum Gasteiger partial charge on any atom is 0.334 e. The molecular weight excluding hydrogens is 194 g/mol. The summed E-state index contributed by atoms with van der Waals surface area (Å²) in [6.45, 7) is 1.59. The highest BCUT2D eigenvalue weighted by molar-refractivity contribution is 5.87. The number of hydrogen-bond acceptors (Lipinski definition) is 3. The van der Waals surface area contributed by atoms with E-state index in [1.54, 1.807) is 12.3 Å². The van der Waals surface area contributed by atoms with Crippen molar-refractivity contribution in [2.75, 3.05) is 18.4 Å². The van der Waals surface area contributed by atoms with Crippen LogP contribution in [0.1, 0.15) is 6.42 Å². The van der Waals surface area contributed by atoms with Gasteiger partial charge in [0.1, 0.15) is 5.82 Å². The molecule has 15 heavy (non-hydrogen) atoms. The van der Waals surface area contributed by atoms with Crippen LogP contribution in [0.4, 0.5) is 10.6 Å². The number of hydrogen-bond donors (Lipinski definition) is 3. The number of carbonyl (C=O) groups is 1. The summed E-state index contributed by atoms with van der Waals surface area (Å²) in [4.78, 5) is 11.4. The Labute approximate surface area is 87.3 Å². The lowest BCUT2D eigenvalue weighted by atomic mass is 10.3. The lowest BCUT2D eigenvalue weighted by Gasteiger charge is -2.23. The third-order valence-corrected chi connectivity index (χ3v) is 2.07. The molecule has 1 aliphatic rings. The fourth-order valence-corrected chi connectivity index (χ4v) is 1.36. The molecule has 2 heterocycles. The van der Waals surface area contributed by atoms with Crippen LogP contribution in [0.5, 0.6) is 0 Å². The van der Waals surface area contributed by atoms with Gasteiger partial charge in [0, 0.05) is 19.2 Å². The largest absolute Gasteiger partial charge is 0.334 e. The third-order valence-electron chi connectivity index (χ3n) is 2.07. The molecule has 0 aromatic carbocycles. The molecule has 0 atom stereocenters. The van der Waals surface area contributed by atoms with Gasteiger partial charge >= 0.3 is 6.03 Å². The van der Waals surface area contributed by atoms with E-state index in [9.17, 15) is 4.79 Å². The molecular formula is C9H13N5O. The van der Waals surface area contributed by atoms with Crippen molar-refractivity contribution in [1.82, 2.24) is 20.6 Å². The molecule has 0 saturated heterocycles. The van der Waals surface area contributed by atoms with E-state index in [1.807, 2.05) is 11.1 Å². The monoisotopic (exact) mass is 207 g/mol. The van der Waals surface area contributed by atoms with Crippen LogP contribution in [-0.2, 0) is 0 Å². The topological polar surface area (TPSA) is 73.0 Å². The van der Waals surface area contributed by atoms with E-state index in [-0.39, 0.29) is 6.03 Å². The van der Waals surface area contributed by atoms with Crippen LogP contribution < -0.4 is 10.7 Å². The Morgan fingerprint density at radius 3 is 3.13 bits per heavy atom. The van der Waals surface area contributed by atoms with Crippen molar-refractivity contribution < 1.29 is 4.79 Å².